The summed E-state index contributed by atoms with van der Waals surface area (Å²) in [4.78, 5) is 21.3. The summed E-state index contributed by atoms with van der Waals surface area (Å²) in [5, 5.41) is 11.0. The minimum absolute atomic E-state index is 0.155. The quantitative estimate of drug-likeness (QED) is 0.910. The third-order valence-corrected chi connectivity index (χ3v) is 3.63. The van der Waals surface area contributed by atoms with E-state index in [4.69, 9.17) is 5.11 Å². The molecular weight excluding hydrogens is 276 g/mol. The van der Waals surface area contributed by atoms with Crippen LogP contribution in [0.4, 0.5) is 4.79 Å². The van der Waals surface area contributed by atoms with Crippen molar-refractivity contribution in [2.45, 2.75) is 33.2 Å². The largest absolute Gasteiger partial charge is 0.465 e. The lowest BCUT2D eigenvalue weighted by Crippen LogP contribution is -2.20. The van der Waals surface area contributed by atoms with Crippen molar-refractivity contribution in [3.8, 4) is 0 Å². The number of amides is 1. The van der Waals surface area contributed by atoms with Gasteiger partial charge in [-0.05, 0) is 25.0 Å². The van der Waals surface area contributed by atoms with E-state index < -0.39 is 6.09 Å². The lowest BCUT2D eigenvalue weighted by molar-refractivity contribution is 0.194. The molecule has 0 aliphatic rings. The second kappa shape index (κ2) is 8.37. The van der Waals surface area contributed by atoms with Gasteiger partial charge in [0.05, 0.1) is 10.1 Å². The Balaban J connectivity index is 0.000000246. The zero-order valence-electron chi connectivity index (χ0n) is 11.8. The van der Waals surface area contributed by atoms with Gasteiger partial charge < -0.3 is 10.4 Å². The average Bonchev–Trinajstić information content (AvgIpc) is 2.75. The fourth-order valence-electron chi connectivity index (χ4n) is 1.60. The van der Waals surface area contributed by atoms with Crippen molar-refractivity contribution in [3.63, 3.8) is 0 Å². The first kappa shape index (κ1) is 16.2. The molecule has 0 fully saturated rings. The molecule has 20 heavy (non-hydrogen) atoms. The van der Waals surface area contributed by atoms with Gasteiger partial charge in [-0.1, -0.05) is 37.5 Å². The van der Waals surface area contributed by atoms with E-state index in [0.717, 1.165) is 29.5 Å². The van der Waals surface area contributed by atoms with Crippen molar-refractivity contribution < 1.29 is 9.90 Å². The first-order valence-corrected chi connectivity index (χ1v) is 7.43. The van der Waals surface area contributed by atoms with Crippen LogP contribution in [0.1, 0.15) is 26.7 Å². The Morgan fingerprint density at radius 1 is 1.30 bits per heavy atom. The number of nitrogens with one attached hydrogen (secondary N) is 1. The first-order valence-electron chi connectivity index (χ1n) is 6.65. The summed E-state index contributed by atoms with van der Waals surface area (Å²) in [6, 6.07) is 7.76. The minimum Gasteiger partial charge on any atom is -0.465 e. The Hall–Kier alpha value is -1.82. The summed E-state index contributed by atoms with van der Waals surface area (Å²) in [6.07, 6.45) is 0.917. The van der Waals surface area contributed by atoms with Crippen molar-refractivity contribution in [3.05, 3.63) is 34.6 Å². The van der Waals surface area contributed by atoms with Crippen molar-refractivity contribution in [2.75, 3.05) is 6.54 Å². The van der Waals surface area contributed by atoms with Crippen LogP contribution in [-0.2, 0) is 6.54 Å². The van der Waals surface area contributed by atoms with E-state index in [-0.39, 0.29) is 5.56 Å². The second-order valence-electron chi connectivity index (χ2n) is 4.23. The maximum atomic E-state index is 11.7. The molecule has 1 amide bonds. The molecule has 6 heteroatoms. The fourth-order valence-corrected chi connectivity index (χ4v) is 2.69. The third kappa shape index (κ3) is 4.70. The maximum absolute atomic E-state index is 11.7. The maximum Gasteiger partial charge on any atom is 0.404 e. The van der Waals surface area contributed by atoms with Crippen molar-refractivity contribution in [2.24, 2.45) is 0 Å². The van der Waals surface area contributed by atoms with Gasteiger partial charge in [0.15, 0.2) is 0 Å². The Labute approximate surface area is 122 Å². The SMILES string of the molecule is CCCNC(=O)O.CCCn1sc2ccccc2c1=O. The van der Waals surface area contributed by atoms with E-state index in [1.165, 1.54) is 0 Å². The highest BCUT2D eigenvalue weighted by atomic mass is 32.1. The number of carboxylic acid groups (broad SMARTS) is 1. The first-order chi connectivity index (χ1) is 9.60. The molecule has 1 heterocycles. The molecule has 0 bridgehead atoms. The molecule has 2 N–H and O–H groups in total. The normalized spacial score (nSPS) is 9.90. The number of carbonyl (C=O) groups is 1. The number of hydrogen-bond acceptors (Lipinski definition) is 3. The molecule has 0 unspecified atom stereocenters. The van der Waals surface area contributed by atoms with Gasteiger partial charge in [-0.3, -0.25) is 8.75 Å². The van der Waals surface area contributed by atoms with Crippen molar-refractivity contribution in [1.82, 2.24) is 9.27 Å². The predicted octanol–water partition coefficient (Wildman–Crippen LogP) is 3.14. The monoisotopic (exact) mass is 296 g/mol. The van der Waals surface area contributed by atoms with Crippen LogP contribution in [0.15, 0.2) is 29.1 Å². The van der Waals surface area contributed by atoms with Gasteiger partial charge in [0, 0.05) is 13.1 Å². The topological polar surface area (TPSA) is 71.3 Å². The molecule has 0 radical (unpaired) electrons. The highest BCUT2D eigenvalue weighted by Gasteiger charge is 2.04. The van der Waals surface area contributed by atoms with E-state index in [0.29, 0.717) is 6.54 Å². The number of rotatable bonds is 4. The molecule has 0 aliphatic carbocycles. The lowest BCUT2D eigenvalue weighted by Gasteiger charge is -1.92. The molecule has 110 valence electrons. The Bertz CT molecular complexity index is 604. The number of aromatic nitrogens is 1. The number of hydrogen-bond donors (Lipinski definition) is 2. The summed E-state index contributed by atoms with van der Waals surface area (Å²) in [5.74, 6) is 0. The van der Waals surface area contributed by atoms with Gasteiger partial charge in [0.25, 0.3) is 5.56 Å². The summed E-state index contributed by atoms with van der Waals surface area (Å²) < 4.78 is 2.91. The number of benzene rings is 1. The van der Waals surface area contributed by atoms with Crippen LogP contribution in [0.3, 0.4) is 0 Å². The van der Waals surface area contributed by atoms with Crippen molar-refractivity contribution in [1.29, 1.82) is 0 Å². The molecule has 0 aliphatic heterocycles. The van der Waals surface area contributed by atoms with Gasteiger partial charge in [-0.2, -0.15) is 0 Å². The van der Waals surface area contributed by atoms with Crippen LogP contribution in [0, 0.1) is 0 Å². The zero-order chi connectivity index (χ0) is 15.0. The van der Waals surface area contributed by atoms with Gasteiger partial charge >= 0.3 is 6.09 Å². The van der Waals surface area contributed by atoms with Crippen LogP contribution >= 0.6 is 11.5 Å². The van der Waals surface area contributed by atoms with Gasteiger partial charge in [-0.25, -0.2) is 4.79 Å². The van der Waals surface area contributed by atoms with E-state index in [1.807, 2.05) is 35.1 Å². The molecule has 1 aromatic heterocycles. The average molecular weight is 296 g/mol. The zero-order valence-corrected chi connectivity index (χ0v) is 12.6. The Morgan fingerprint density at radius 3 is 2.50 bits per heavy atom. The Kier molecular flexibility index (Phi) is 6.79. The third-order valence-electron chi connectivity index (χ3n) is 2.51. The van der Waals surface area contributed by atoms with Crippen LogP contribution < -0.4 is 10.9 Å². The Morgan fingerprint density at radius 2 is 2.00 bits per heavy atom. The van der Waals surface area contributed by atoms with Crippen LogP contribution in [0.25, 0.3) is 10.1 Å². The van der Waals surface area contributed by atoms with Gasteiger partial charge in [-0.15, -0.1) is 0 Å². The summed E-state index contributed by atoms with van der Waals surface area (Å²) in [5.41, 5.74) is 0.155. The van der Waals surface area contributed by atoms with E-state index in [1.54, 1.807) is 11.5 Å². The molecule has 0 atom stereocenters. The predicted molar refractivity (Wildman–Crippen MR) is 82.7 cm³/mol. The van der Waals surface area contributed by atoms with E-state index >= 15 is 0 Å². The fraction of sp³-hybridized carbons (Fsp3) is 0.429. The summed E-state index contributed by atoms with van der Waals surface area (Å²) >= 11 is 1.55. The molecule has 2 rings (SSSR count). The van der Waals surface area contributed by atoms with Crippen LogP contribution in [0.2, 0.25) is 0 Å². The minimum atomic E-state index is -0.943. The molecule has 5 nitrogen and oxygen atoms in total. The standard InChI is InChI=1S/C10H11NOS.C4H9NO2/c1-2-7-11-10(12)8-5-3-4-6-9(8)13-11;1-2-3-5-4(6)7/h3-6H,2,7H2,1H3;5H,2-3H2,1H3,(H,6,7). The summed E-state index contributed by atoms with van der Waals surface area (Å²) in [7, 11) is 0. The van der Waals surface area contributed by atoms with E-state index in [2.05, 4.69) is 12.2 Å². The molecule has 0 saturated carbocycles. The highest BCUT2D eigenvalue weighted by molar-refractivity contribution is 7.13. The van der Waals surface area contributed by atoms with E-state index in [9.17, 15) is 9.59 Å². The highest BCUT2D eigenvalue weighted by Crippen LogP contribution is 2.15. The molecule has 2 aromatic rings. The van der Waals surface area contributed by atoms with Gasteiger partial charge in [0.2, 0.25) is 0 Å². The number of aryl methyl sites for hydroxylation is 1. The smallest absolute Gasteiger partial charge is 0.404 e. The molecular formula is C14H20N2O3S. The van der Waals surface area contributed by atoms with Gasteiger partial charge in [0.1, 0.15) is 0 Å². The molecule has 0 saturated heterocycles. The van der Waals surface area contributed by atoms with Crippen molar-refractivity contribution >= 4 is 27.7 Å². The molecule has 0 spiro atoms. The van der Waals surface area contributed by atoms with Crippen LogP contribution in [-0.4, -0.2) is 21.7 Å². The van der Waals surface area contributed by atoms with Crippen LogP contribution in [0.5, 0.6) is 0 Å². The lowest BCUT2D eigenvalue weighted by atomic mass is 10.3. The summed E-state index contributed by atoms with van der Waals surface area (Å²) in [6.45, 7) is 5.38. The number of fused-ring (bicyclic) bond motifs is 1. The second-order valence-corrected chi connectivity index (χ2v) is 5.29. The number of nitrogens with zero attached hydrogens (tertiary/aromatic N) is 1. The molecule has 1 aromatic carbocycles.